The second-order valence-electron chi connectivity index (χ2n) is 4.57. The van der Waals surface area contributed by atoms with E-state index in [0.717, 1.165) is 39.2 Å². The number of aryl methyl sites for hydroxylation is 2. The van der Waals surface area contributed by atoms with Gasteiger partial charge in [-0.15, -0.1) is 0 Å². The molecule has 0 saturated heterocycles. The Kier molecular flexibility index (Phi) is 4.98. The average Bonchev–Trinajstić information content (AvgIpc) is 2.43. The van der Waals surface area contributed by atoms with Gasteiger partial charge in [0.2, 0.25) is 0 Å². The Balaban J connectivity index is 2.17. The number of benzene rings is 1. The van der Waals surface area contributed by atoms with Gasteiger partial charge in [-0.25, -0.2) is 9.97 Å². The summed E-state index contributed by atoms with van der Waals surface area (Å²) in [5, 5.41) is 0.794. The van der Waals surface area contributed by atoms with E-state index in [1.54, 1.807) is 18.9 Å². The number of aromatic nitrogens is 2. The highest BCUT2D eigenvalue weighted by Gasteiger charge is 2.07. The molecule has 0 atom stereocenters. The standard InChI is InChI=1S/C15H19N3OS/c1-10-6-11(2)18-15(17-10)20-9-13-7-12(8-16)4-5-14(13)19-3/h4-7H,8-9,16H2,1-3H3. The van der Waals surface area contributed by atoms with Crippen molar-refractivity contribution in [3.05, 3.63) is 46.8 Å². The molecule has 1 aromatic heterocycles. The van der Waals surface area contributed by atoms with Crippen molar-refractivity contribution in [2.75, 3.05) is 7.11 Å². The first-order chi connectivity index (χ1) is 9.62. The zero-order valence-electron chi connectivity index (χ0n) is 12.0. The molecule has 0 aliphatic rings. The van der Waals surface area contributed by atoms with Crippen LogP contribution < -0.4 is 10.5 Å². The molecule has 0 amide bonds. The Morgan fingerprint density at radius 2 is 1.85 bits per heavy atom. The number of ether oxygens (including phenoxy) is 1. The van der Waals surface area contributed by atoms with Crippen molar-refractivity contribution in [2.24, 2.45) is 5.73 Å². The van der Waals surface area contributed by atoms with Gasteiger partial charge in [0.25, 0.3) is 0 Å². The fourth-order valence-corrected chi connectivity index (χ4v) is 2.90. The maximum absolute atomic E-state index is 5.68. The van der Waals surface area contributed by atoms with Crippen LogP contribution in [0.15, 0.2) is 29.4 Å². The SMILES string of the molecule is COc1ccc(CN)cc1CSc1nc(C)cc(C)n1. The van der Waals surface area contributed by atoms with Crippen LogP contribution in [0, 0.1) is 13.8 Å². The number of rotatable bonds is 5. The van der Waals surface area contributed by atoms with Crippen LogP contribution in [-0.2, 0) is 12.3 Å². The van der Waals surface area contributed by atoms with Gasteiger partial charge in [-0.2, -0.15) is 0 Å². The minimum Gasteiger partial charge on any atom is -0.496 e. The quantitative estimate of drug-likeness (QED) is 0.677. The fourth-order valence-electron chi connectivity index (χ4n) is 1.97. The molecular weight excluding hydrogens is 270 g/mol. The lowest BCUT2D eigenvalue weighted by Crippen LogP contribution is -1.99. The van der Waals surface area contributed by atoms with Crippen LogP contribution in [-0.4, -0.2) is 17.1 Å². The van der Waals surface area contributed by atoms with Crippen LogP contribution in [0.3, 0.4) is 0 Å². The fraction of sp³-hybridized carbons (Fsp3) is 0.333. The van der Waals surface area contributed by atoms with Gasteiger partial charge < -0.3 is 10.5 Å². The number of nitrogens with two attached hydrogens (primary N) is 1. The summed E-state index contributed by atoms with van der Waals surface area (Å²) < 4.78 is 5.39. The lowest BCUT2D eigenvalue weighted by atomic mass is 10.1. The first-order valence-electron chi connectivity index (χ1n) is 6.43. The van der Waals surface area contributed by atoms with Crippen molar-refractivity contribution in [2.45, 2.75) is 31.3 Å². The lowest BCUT2D eigenvalue weighted by molar-refractivity contribution is 0.411. The van der Waals surface area contributed by atoms with Crippen LogP contribution in [0.1, 0.15) is 22.5 Å². The van der Waals surface area contributed by atoms with Crippen molar-refractivity contribution in [1.29, 1.82) is 0 Å². The molecule has 1 aromatic carbocycles. The molecule has 106 valence electrons. The highest BCUT2D eigenvalue weighted by Crippen LogP contribution is 2.27. The van der Waals surface area contributed by atoms with Crippen molar-refractivity contribution >= 4 is 11.8 Å². The van der Waals surface area contributed by atoms with Gasteiger partial charge in [-0.05, 0) is 37.6 Å². The second kappa shape index (κ2) is 6.72. The van der Waals surface area contributed by atoms with E-state index >= 15 is 0 Å². The number of methoxy groups -OCH3 is 1. The van der Waals surface area contributed by atoms with Gasteiger partial charge in [0.15, 0.2) is 5.16 Å². The first-order valence-corrected chi connectivity index (χ1v) is 7.42. The Bertz CT molecular complexity index is 581. The summed E-state index contributed by atoms with van der Waals surface area (Å²) in [6.45, 7) is 4.49. The summed E-state index contributed by atoms with van der Waals surface area (Å²) in [5.74, 6) is 1.64. The largest absolute Gasteiger partial charge is 0.496 e. The van der Waals surface area contributed by atoms with E-state index < -0.39 is 0 Å². The van der Waals surface area contributed by atoms with E-state index in [9.17, 15) is 0 Å². The average molecular weight is 289 g/mol. The smallest absolute Gasteiger partial charge is 0.188 e. The minimum atomic E-state index is 0.529. The monoisotopic (exact) mass is 289 g/mol. The summed E-state index contributed by atoms with van der Waals surface area (Å²) in [5.41, 5.74) is 9.88. The van der Waals surface area contributed by atoms with E-state index in [4.69, 9.17) is 10.5 Å². The molecule has 2 N–H and O–H groups in total. The molecule has 2 aromatic rings. The molecule has 0 fully saturated rings. The van der Waals surface area contributed by atoms with Gasteiger partial charge in [0, 0.05) is 29.2 Å². The maximum atomic E-state index is 5.68. The molecule has 0 unspecified atom stereocenters. The number of thioether (sulfide) groups is 1. The summed E-state index contributed by atoms with van der Waals surface area (Å²) in [6.07, 6.45) is 0. The van der Waals surface area contributed by atoms with Crippen molar-refractivity contribution in [1.82, 2.24) is 9.97 Å². The van der Waals surface area contributed by atoms with Gasteiger partial charge in [-0.3, -0.25) is 0 Å². The first kappa shape index (κ1) is 14.8. The van der Waals surface area contributed by atoms with Crippen LogP contribution in [0.5, 0.6) is 5.75 Å². The van der Waals surface area contributed by atoms with Crippen LogP contribution in [0.2, 0.25) is 0 Å². The van der Waals surface area contributed by atoms with Crippen molar-refractivity contribution in [3.63, 3.8) is 0 Å². The number of hydrogen-bond acceptors (Lipinski definition) is 5. The van der Waals surface area contributed by atoms with Crippen LogP contribution in [0.4, 0.5) is 0 Å². The Hall–Kier alpha value is -1.59. The topological polar surface area (TPSA) is 61.0 Å². The Labute approximate surface area is 123 Å². The Morgan fingerprint density at radius 1 is 1.15 bits per heavy atom. The maximum Gasteiger partial charge on any atom is 0.188 e. The summed E-state index contributed by atoms with van der Waals surface area (Å²) >= 11 is 1.61. The number of nitrogens with zero attached hydrogens (tertiary/aromatic N) is 2. The molecule has 0 saturated carbocycles. The third-order valence-electron chi connectivity index (χ3n) is 2.90. The number of hydrogen-bond donors (Lipinski definition) is 1. The minimum absolute atomic E-state index is 0.529. The molecular formula is C15H19N3OS. The summed E-state index contributed by atoms with van der Waals surface area (Å²) in [4.78, 5) is 8.87. The summed E-state index contributed by atoms with van der Waals surface area (Å²) in [7, 11) is 1.68. The molecule has 0 aliphatic heterocycles. The van der Waals surface area contributed by atoms with Crippen LogP contribution in [0.25, 0.3) is 0 Å². The van der Waals surface area contributed by atoms with E-state index in [1.807, 2.05) is 32.0 Å². The Morgan fingerprint density at radius 3 is 2.45 bits per heavy atom. The molecule has 20 heavy (non-hydrogen) atoms. The van der Waals surface area contributed by atoms with Crippen molar-refractivity contribution in [3.8, 4) is 5.75 Å². The molecule has 0 aliphatic carbocycles. The predicted octanol–water partition coefficient (Wildman–Crippen LogP) is 2.85. The lowest BCUT2D eigenvalue weighted by Gasteiger charge is -2.10. The zero-order valence-corrected chi connectivity index (χ0v) is 12.8. The second-order valence-corrected chi connectivity index (χ2v) is 5.51. The van der Waals surface area contributed by atoms with Gasteiger partial charge in [-0.1, -0.05) is 17.8 Å². The molecule has 4 nitrogen and oxygen atoms in total. The third-order valence-corrected chi connectivity index (χ3v) is 3.80. The summed E-state index contributed by atoms with van der Waals surface area (Å²) in [6, 6.07) is 7.99. The highest BCUT2D eigenvalue weighted by atomic mass is 32.2. The van der Waals surface area contributed by atoms with E-state index in [1.165, 1.54) is 0 Å². The molecule has 0 spiro atoms. The van der Waals surface area contributed by atoms with Gasteiger partial charge in [0.1, 0.15) is 5.75 Å². The molecule has 5 heteroatoms. The van der Waals surface area contributed by atoms with Gasteiger partial charge >= 0.3 is 0 Å². The van der Waals surface area contributed by atoms with E-state index in [0.29, 0.717) is 6.54 Å². The van der Waals surface area contributed by atoms with Crippen LogP contribution >= 0.6 is 11.8 Å². The predicted molar refractivity (Wildman–Crippen MR) is 82.0 cm³/mol. The molecule has 0 bridgehead atoms. The molecule has 1 heterocycles. The zero-order chi connectivity index (χ0) is 14.5. The van der Waals surface area contributed by atoms with Crippen molar-refractivity contribution < 1.29 is 4.74 Å². The van der Waals surface area contributed by atoms with E-state index in [-0.39, 0.29) is 0 Å². The normalized spacial score (nSPS) is 10.6. The molecule has 2 rings (SSSR count). The van der Waals surface area contributed by atoms with E-state index in [2.05, 4.69) is 16.0 Å². The molecule has 0 radical (unpaired) electrons. The highest BCUT2D eigenvalue weighted by molar-refractivity contribution is 7.98. The van der Waals surface area contributed by atoms with Gasteiger partial charge in [0.05, 0.1) is 7.11 Å². The third kappa shape index (κ3) is 3.71.